The third-order valence-electron chi connectivity index (χ3n) is 4.33. The molecule has 1 aliphatic carbocycles. The molecule has 3 aliphatic rings. The van der Waals surface area contributed by atoms with Gasteiger partial charge in [-0.3, -0.25) is 4.79 Å². The maximum Gasteiger partial charge on any atom is 0.227 e. The first-order valence-corrected chi connectivity index (χ1v) is 7.70. The molecule has 1 amide bonds. The molecule has 1 fully saturated rings. The van der Waals surface area contributed by atoms with E-state index in [1.54, 1.807) is 0 Å². The molecule has 3 nitrogen and oxygen atoms in total. The van der Waals surface area contributed by atoms with Crippen molar-refractivity contribution in [3.63, 3.8) is 0 Å². The van der Waals surface area contributed by atoms with Crippen LogP contribution in [-0.2, 0) is 4.79 Å². The van der Waals surface area contributed by atoms with Crippen LogP contribution in [0.1, 0.15) is 33.6 Å². The summed E-state index contributed by atoms with van der Waals surface area (Å²) in [6.07, 6.45) is 10.3. The van der Waals surface area contributed by atoms with Crippen LogP contribution in [-0.4, -0.2) is 17.4 Å². The Hall–Kier alpha value is -1.77. The first kappa shape index (κ1) is 14.2. The number of carbonyl (C=O) groups is 1. The van der Waals surface area contributed by atoms with Crippen molar-refractivity contribution in [3.05, 3.63) is 48.0 Å². The molecule has 0 bridgehead atoms. The summed E-state index contributed by atoms with van der Waals surface area (Å²) in [7, 11) is 0. The van der Waals surface area contributed by atoms with Gasteiger partial charge in [-0.25, -0.2) is 0 Å². The predicted molar refractivity (Wildman–Crippen MR) is 85.0 cm³/mol. The summed E-state index contributed by atoms with van der Waals surface area (Å²) in [5, 5.41) is 3.01. The van der Waals surface area contributed by atoms with Gasteiger partial charge in [0.1, 0.15) is 0 Å². The molecule has 1 N–H and O–H groups in total. The summed E-state index contributed by atoms with van der Waals surface area (Å²) in [4.78, 5) is 14.4. The second-order valence-electron chi connectivity index (χ2n) is 7.40. The minimum atomic E-state index is -0.0637. The van der Waals surface area contributed by atoms with Gasteiger partial charge in [-0.1, -0.05) is 39.5 Å². The molecule has 1 saturated heterocycles. The smallest absolute Gasteiger partial charge is 0.227 e. The summed E-state index contributed by atoms with van der Waals surface area (Å²) >= 11 is 0. The van der Waals surface area contributed by atoms with E-state index in [-0.39, 0.29) is 23.2 Å². The topological polar surface area (TPSA) is 32.3 Å². The van der Waals surface area contributed by atoms with Crippen LogP contribution >= 0.6 is 0 Å². The SMILES string of the molecule is C=C(CC(C)(C)C)N1C=C2CCNC(=O)C3C=CC=C1C23. The van der Waals surface area contributed by atoms with E-state index in [2.05, 4.69) is 49.8 Å². The van der Waals surface area contributed by atoms with E-state index in [4.69, 9.17) is 0 Å². The van der Waals surface area contributed by atoms with Gasteiger partial charge in [-0.05, 0) is 29.9 Å². The minimum Gasteiger partial charge on any atom is -0.355 e. The number of rotatable bonds is 2. The second-order valence-corrected chi connectivity index (χ2v) is 7.40. The van der Waals surface area contributed by atoms with Gasteiger partial charge in [0, 0.05) is 30.1 Å². The van der Waals surface area contributed by atoms with Crippen LogP contribution in [0.15, 0.2) is 48.0 Å². The molecular formula is C18H24N2O. The highest BCUT2D eigenvalue weighted by atomic mass is 16.1. The van der Waals surface area contributed by atoms with E-state index in [1.807, 2.05) is 12.2 Å². The van der Waals surface area contributed by atoms with E-state index in [9.17, 15) is 4.79 Å². The highest BCUT2D eigenvalue weighted by Gasteiger charge is 2.41. The van der Waals surface area contributed by atoms with Crippen LogP contribution in [0.25, 0.3) is 0 Å². The Bertz CT molecular complexity index is 575. The Morgan fingerprint density at radius 1 is 1.48 bits per heavy atom. The Morgan fingerprint density at radius 3 is 2.95 bits per heavy atom. The van der Waals surface area contributed by atoms with Crippen LogP contribution in [0, 0.1) is 17.3 Å². The lowest BCUT2D eigenvalue weighted by molar-refractivity contribution is -0.123. The van der Waals surface area contributed by atoms with Crippen molar-refractivity contribution in [3.8, 4) is 0 Å². The van der Waals surface area contributed by atoms with Gasteiger partial charge in [0.2, 0.25) is 5.91 Å². The number of hydrogen-bond donors (Lipinski definition) is 1. The lowest BCUT2D eigenvalue weighted by Gasteiger charge is -2.31. The molecular weight excluding hydrogens is 260 g/mol. The molecule has 3 heteroatoms. The average Bonchev–Trinajstić information content (AvgIpc) is 2.67. The van der Waals surface area contributed by atoms with E-state index in [1.165, 1.54) is 11.3 Å². The van der Waals surface area contributed by atoms with Crippen LogP contribution in [0.2, 0.25) is 0 Å². The van der Waals surface area contributed by atoms with Crippen molar-refractivity contribution in [1.29, 1.82) is 0 Å². The van der Waals surface area contributed by atoms with Crippen molar-refractivity contribution >= 4 is 5.91 Å². The van der Waals surface area contributed by atoms with Crippen molar-refractivity contribution in [2.24, 2.45) is 17.3 Å². The Kier molecular flexibility index (Phi) is 3.31. The van der Waals surface area contributed by atoms with Gasteiger partial charge >= 0.3 is 0 Å². The molecule has 0 saturated carbocycles. The third kappa shape index (κ3) is 2.57. The summed E-state index contributed by atoms with van der Waals surface area (Å²) in [5.74, 6) is 0.286. The molecule has 0 aromatic carbocycles. The van der Waals surface area contributed by atoms with Crippen LogP contribution in [0.4, 0.5) is 0 Å². The molecule has 0 aromatic rings. The van der Waals surface area contributed by atoms with Crippen LogP contribution < -0.4 is 5.32 Å². The van der Waals surface area contributed by atoms with Gasteiger partial charge < -0.3 is 10.2 Å². The Balaban J connectivity index is 1.92. The first-order valence-electron chi connectivity index (χ1n) is 7.70. The van der Waals surface area contributed by atoms with Gasteiger partial charge in [0.25, 0.3) is 0 Å². The van der Waals surface area contributed by atoms with Gasteiger partial charge in [-0.2, -0.15) is 0 Å². The van der Waals surface area contributed by atoms with Crippen molar-refractivity contribution in [1.82, 2.24) is 10.2 Å². The largest absolute Gasteiger partial charge is 0.355 e. The Labute approximate surface area is 127 Å². The first-order chi connectivity index (χ1) is 9.87. The lowest BCUT2D eigenvalue weighted by Crippen LogP contribution is -2.34. The van der Waals surface area contributed by atoms with E-state index >= 15 is 0 Å². The second kappa shape index (κ2) is 4.90. The van der Waals surface area contributed by atoms with Crippen molar-refractivity contribution < 1.29 is 4.79 Å². The average molecular weight is 284 g/mol. The summed E-state index contributed by atoms with van der Waals surface area (Å²) in [6.45, 7) is 11.7. The highest BCUT2D eigenvalue weighted by molar-refractivity contribution is 5.83. The maximum atomic E-state index is 12.2. The molecule has 0 spiro atoms. The van der Waals surface area contributed by atoms with Crippen LogP contribution in [0.5, 0.6) is 0 Å². The fourth-order valence-corrected chi connectivity index (χ4v) is 3.52. The molecule has 2 unspecified atom stereocenters. The highest BCUT2D eigenvalue weighted by Crippen LogP contribution is 2.45. The van der Waals surface area contributed by atoms with Gasteiger partial charge in [-0.15, -0.1) is 0 Å². The summed E-state index contributed by atoms with van der Waals surface area (Å²) in [6, 6.07) is 0. The maximum absolute atomic E-state index is 12.2. The molecule has 0 aromatic heterocycles. The summed E-state index contributed by atoms with van der Waals surface area (Å²) in [5.41, 5.74) is 3.89. The number of amides is 1. The molecule has 0 radical (unpaired) electrons. The molecule has 112 valence electrons. The van der Waals surface area contributed by atoms with Crippen molar-refractivity contribution in [2.45, 2.75) is 33.6 Å². The predicted octanol–water partition coefficient (Wildman–Crippen LogP) is 3.34. The molecule has 2 heterocycles. The lowest BCUT2D eigenvalue weighted by atomic mass is 9.81. The van der Waals surface area contributed by atoms with E-state index in [0.29, 0.717) is 0 Å². The van der Waals surface area contributed by atoms with Gasteiger partial charge in [0.05, 0.1) is 5.92 Å². The number of carbonyl (C=O) groups excluding carboxylic acids is 1. The number of allylic oxidation sites excluding steroid dienone is 4. The minimum absolute atomic E-state index is 0.0637. The Morgan fingerprint density at radius 2 is 2.24 bits per heavy atom. The fourth-order valence-electron chi connectivity index (χ4n) is 3.52. The number of hydrogen-bond acceptors (Lipinski definition) is 2. The van der Waals surface area contributed by atoms with Crippen LogP contribution in [0.3, 0.4) is 0 Å². The quantitative estimate of drug-likeness (QED) is 0.843. The number of nitrogens with one attached hydrogen (secondary N) is 1. The molecule has 21 heavy (non-hydrogen) atoms. The molecule has 2 atom stereocenters. The zero-order valence-corrected chi connectivity index (χ0v) is 13.1. The zero-order chi connectivity index (χ0) is 15.2. The molecule has 2 aliphatic heterocycles. The summed E-state index contributed by atoms with van der Waals surface area (Å²) < 4.78 is 0. The molecule has 3 rings (SSSR count). The van der Waals surface area contributed by atoms with Crippen molar-refractivity contribution in [2.75, 3.05) is 6.54 Å². The van der Waals surface area contributed by atoms with E-state index < -0.39 is 0 Å². The van der Waals surface area contributed by atoms with E-state index in [0.717, 1.165) is 25.1 Å². The number of nitrogens with zero attached hydrogens (tertiary/aromatic N) is 1. The normalized spacial score (nSPS) is 27.6. The third-order valence-corrected chi connectivity index (χ3v) is 4.33. The van der Waals surface area contributed by atoms with Gasteiger partial charge in [0.15, 0.2) is 0 Å². The fraction of sp³-hybridized carbons (Fsp3) is 0.500. The zero-order valence-electron chi connectivity index (χ0n) is 13.1. The monoisotopic (exact) mass is 284 g/mol. The standard InChI is InChI=1S/C18H24N2O/c1-12(10-18(2,3)4)20-11-13-8-9-19-17(21)14-6-5-7-15(20)16(13)14/h5-7,11,14,16H,1,8-10H2,2-4H3,(H,19,21).